The van der Waals surface area contributed by atoms with Gasteiger partial charge < -0.3 is 4.98 Å². The third-order valence-corrected chi connectivity index (χ3v) is 6.40. The Morgan fingerprint density at radius 3 is 2.64 bits per heavy atom. The molecular weight excluding hydrogens is 350 g/mol. The van der Waals surface area contributed by atoms with Gasteiger partial charge in [0.25, 0.3) is 5.56 Å². The molecule has 0 bridgehead atoms. The summed E-state index contributed by atoms with van der Waals surface area (Å²) >= 11 is 0. The van der Waals surface area contributed by atoms with Gasteiger partial charge in [-0.25, -0.2) is 4.98 Å². The first kappa shape index (κ1) is 17.4. The number of hydrogen-bond acceptors (Lipinski definition) is 4. The Balaban J connectivity index is 1.40. The largest absolute Gasteiger partial charge is 0.306 e. The van der Waals surface area contributed by atoms with Gasteiger partial charge in [0.1, 0.15) is 5.82 Å². The number of hydrogen-bond donors (Lipinski definition) is 1. The Kier molecular flexibility index (Phi) is 4.16. The predicted octanol–water partition coefficient (Wildman–Crippen LogP) is 2.65. The van der Waals surface area contributed by atoms with Crippen molar-refractivity contribution in [3.63, 3.8) is 0 Å². The average Bonchev–Trinajstić information content (AvgIpc) is 3.29. The fourth-order valence-electron chi connectivity index (χ4n) is 4.82. The minimum Gasteiger partial charge on any atom is -0.306 e. The number of benzene rings is 1. The number of nitrogens with one attached hydrogen (secondary N) is 1. The molecule has 144 valence electrons. The number of fused-ring (bicyclic) bond motifs is 2. The Labute approximate surface area is 164 Å². The molecule has 1 aliphatic carbocycles. The lowest BCUT2D eigenvalue weighted by Gasteiger charge is -2.39. The average molecular weight is 375 g/mol. The van der Waals surface area contributed by atoms with Crippen LogP contribution in [-0.4, -0.2) is 37.7 Å². The molecule has 1 saturated heterocycles. The summed E-state index contributed by atoms with van der Waals surface area (Å²) in [6.07, 6.45) is 8.04. The summed E-state index contributed by atoms with van der Waals surface area (Å²) in [6, 6.07) is 9.95. The predicted molar refractivity (Wildman–Crippen MR) is 108 cm³/mol. The molecule has 0 saturated carbocycles. The molecule has 0 radical (unpaired) electrons. The van der Waals surface area contributed by atoms with Crippen LogP contribution < -0.4 is 5.56 Å². The van der Waals surface area contributed by atoms with Crippen LogP contribution in [0.3, 0.4) is 0 Å². The second kappa shape index (κ2) is 6.71. The van der Waals surface area contributed by atoms with Crippen LogP contribution in [0.1, 0.15) is 36.1 Å². The number of piperidine rings is 1. The highest BCUT2D eigenvalue weighted by molar-refractivity contribution is 5.55. The number of H-pyrrole nitrogens is 1. The first-order chi connectivity index (χ1) is 13.6. The van der Waals surface area contributed by atoms with Crippen molar-refractivity contribution in [1.29, 1.82) is 0 Å². The van der Waals surface area contributed by atoms with Crippen LogP contribution in [0.4, 0.5) is 0 Å². The van der Waals surface area contributed by atoms with E-state index >= 15 is 0 Å². The van der Waals surface area contributed by atoms with Crippen LogP contribution in [0.2, 0.25) is 0 Å². The third-order valence-electron chi connectivity index (χ3n) is 6.40. The first-order valence-electron chi connectivity index (χ1n) is 10.0. The normalized spacial score (nSPS) is 18.5. The molecule has 5 rings (SSSR count). The van der Waals surface area contributed by atoms with Gasteiger partial charge in [0, 0.05) is 41.9 Å². The lowest BCUT2D eigenvalue weighted by atomic mass is 9.76. The highest BCUT2D eigenvalue weighted by atomic mass is 16.1. The van der Waals surface area contributed by atoms with Gasteiger partial charge in [0.2, 0.25) is 0 Å². The van der Waals surface area contributed by atoms with Gasteiger partial charge in [-0.3, -0.25) is 14.4 Å². The van der Waals surface area contributed by atoms with E-state index in [9.17, 15) is 4.79 Å². The first-order valence-corrected chi connectivity index (χ1v) is 10.0. The zero-order chi connectivity index (χ0) is 19.1. The number of aromatic amines is 1. The molecule has 1 fully saturated rings. The zero-order valence-electron chi connectivity index (χ0n) is 16.2. The minimum absolute atomic E-state index is 0.0403. The molecule has 3 aromatic rings. The van der Waals surface area contributed by atoms with Gasteiger partial charge in [0.15, 0.2) is 0 Å². The second-order valence-electron chi connectivity index (χ2n) is 8.19. The van der Waals surface area contributed by atoms with E-state index in [0.29, 0.717) is 5.82 Å². The van der Waals surface area contributed by atoms with E-state index in [4.69, 9.17) is 4.98 Å². The Hall–Kier alpha value is -2.73. The summed E-state index contributed by atoms with van der Waals surface area (Å²) < 4.78 is 1.86. The van der Waals surface area contributed by atoms with Crippen molar-refractivity contribution in [2.75, 3.05) is 13.1 Å². The third kappa shape index (κ3) is 2.98. The monoisotopic (exact) mass is 375 g/mol. The van der Waals surface area contributed by atoms with Crippen LogP contribution in [0.15, 0.2) is 47.5 Å². The molecule has 0 amide bonds. The summed E-state index contributed by atoms with van der Waals surface area (Å²) in [5.74, 6) is 0.698. The molecule has 0 atom stereocenters. The number of nitrogens with zero attached hydrogens (tertiary/aromatic N) is 4. The smallest absolute Gasteiger partial charge is 0.254 e. The maximum Gasteiger partial charge on any atom is 0.254 e. The number of aromatic nitrogens is 4. The van der Waals surface area contributed by atoms with Gasteiger partial charge in [-0.05, 0) is 38.8 Å². The quantitative estimate of drug-likeness (QED) is 0.764. The lowest BCUT2D eigenvalue weighted by molar-refractivity contribution is 0.150. The second-order valence-corrected chi connectivity index (χ2v) is 8.19. The van der Waals surface area contributed by atoms with Gasteiger partial charge in [-0.2, -0.15) is 5.10 Å². The number of likely N-dealkylation sites (tertiary alicyclic amines) is 1. The molecule has 0 unspecified atom stereocenters. The molecule has 1 aliphatic heterocycles. The van der Waals surface area contributed by atoms with E-state index in [-0.39, 0.29) is 11.0 Å². The zero-order valence-corrected chi connectivity index (χ0v) is 16.2. The standard InChI is InChI=1S/C22H25N5O/c1-26-14-16(13-23-26)15-27-11-9-22(10-12-27)8-7-18-19(22)24-20(25-21(18)28)17-5-3-2-4-6-17/h2-6,13-14H,7-12,15H2,1H3,(H,24,25,28). The van der Waals surface area contributed by atoms with Crippen LogP contribution in [0.25, 0.3) is 11.4 Å². The van der Waals surface area contributed by atoms with Crippen LogP contribution >= 0.6 is 0 Å². The molecule has 2 aliphatic rings. The molecule has 2 aromatic heterocycles. The fourth-order valence-corrected chi connectivity index (χ4v) is 4.82. The molecule has 3 heterocycles. The van der Waals surface area contributed by atoms with Crippen molar-refractivity contribution in [2.45, 2.75) is 37.6 Å². The van der Waals surface area contributed by atoms with Gasteiger partial charge >= 0.3 is 0 Å². The van der Waals surface area contributed by atoms with Crippen LogP contribution in [-0.2, 0) is 25.4 Å². The van der Waals surface area contributed by atoms with Gasteiger partial charge in [0.05, 0.1) is 11.9 Å². The molecule has 1 spiro atoms. The molecule has 6 heteroatoms. The van der Waals surface area contributed by atoms with Gasteiger partial charge in [-0.15, -0.1) is 0 Å². The highest BCUT2D eigenvalue weighted by Gasteiger charge is 2.43. The summed E-state index contributed by atoms with van der Waals surface area (Å²) in [4.78, 5) is 23.2. The van der Waals surface area contributed by atoms with E-state index in [1.54, 1.807) is 0 Å². The minimum atomic E-state index is 0.0403. The van der Waals surface area contributed by atoms with Crippen molar-refractivity contribution in [2.24, 2.45) is 7.05 Å². The fraction of sp³-hybridized carbons (Fsp3) is 0.409. The van der Waals surface area contributed by atoms with E-state index in [1.165, 1.54) is 5.56 Å². The van der Waals surface area contributed by atoms with Crippen molar-refractivity contribution in [3.05, 3.63) is 69.9 Å². The van der Waals surface area contributed by atoms with Crippen molar-refractivity contribution in [3.8, 4) is 11.4 Å². The van der Waals surface area contributed by atoms with E-state index in [1.807, 2.05) is 48.3 Å². The van der Waals surface area contributed by atoms with E-state index < -0.39 is 0 Å². The van der Waals surface area contributed by atoms with Crippen molar-refractivity contribution in [1.82, 2.24) is 24.6 Å². The van der Waals surface area contributed by atoms with Crippen molar-refractivity contribution >= 4 is 0 Å². The Morgan fingerprint density at radius 2 is 1.93 bits per heavy atom. The summed E-state index contributed by atoms with van der Waals surface area (Å²) in [5.41, 5.74) is 4.28. The summed E-state index contributed by atoms with van der Waals surface area (Å²) in [5, 5.41) is 4.27. The number of aryl methyl sites for hydroxylation is 1. The van der Waals surface area contributed by atoms with Crippen LogP contribution in [0.5, 0.6) is 0 Å². The Morgan fingerprint density at radius 1 is 1.14 bits per heavy atom. The summed E-state index contributed by atoms with van der Waals surface area (Å²) in [6.45, 7) is 3.00. The van der Waals surface area contributed by atoms with Gasteiger partial charge in [-0.1, -0.05) is 30.3 Å². The molecule has 1 N–H and O–H groups in total. The molecule has 6 nitrogen and oxygen atoms in total. The summed E-state index contributed by atoms with van der Waals surface area (Å²) in [7, 11) is 1.96. The topological polar surface area (TPSA) is 66.8 Å². The van der Waals surface area contributed by atoms with Crippen molar-refractivity contribution < 1.29 is 0 Å². The molecule has 1 aromatic carbocycles. The van der Waals surface area contributed by atoms with Crippen LogP contribution in [0, 0.1) is 0 Å². The molecular formula is C22H25N5O. The molecule has 28 heavy (non-hydrogen) atoms. The number of rotatable bonds is 3. The Bertz CT molecular complexity index is 1040. The van der Waals surface area contributed by atoms with E-state index in [0.717, 1.165) is 62.1 Å². The SMILES string of the molecule is Cn1cc(CN2CCC3(CCc4c3nc(-c3ccccc3)[nH]c4=O)CC2)cn1. The lowest BCUT2D eigenvalue weighted by Crippen LogP contribution is -2.41. The maximum absolute atomic E-state index is 12.7. The maximum atomic E-state index is 12.7. The highest BCUT2D eigenvalue weighted by Crippen LogP contribution is 2.44. The van der Waals surface area contributed by atoms with E-state index in [2.05, 4.69) is 21.2 Å².